The Balaban J connectivity index is 1.35. The molecule has 9 heteroatoms. The van der Waals surface area contributed by atoms with Gasteiger partial charge < -0.3 is 9.15 Å². The third-order valence-corrected chi connectivity index (χ3v) is 5.17. The van der Waals surface area contributed by atoms with Crippen molar-refractivity contribution >= 4 is 39.4 Å². The maximum Gasteiger partial charge on any atom is 0.293 e. The lowest BCUT2D eigenvalue weighted by Gasteiger charge is -2.05. The van der Waals surface area contributed by atoms with Crippen LogP contribution in [-0.4, -0.2) is 20.7 Å². The number of carbonyl (C=O) groups is 1. The van der Waals surface area contributed by atoms with Crippen molar-refractivity contribution in [2.75, 3.05) is 5.32 Å². The van der Waals surface area contributed by atoms with E-state index >= 15 is 0 Å². The molecule has 0 saturated carbocycles. The summed E-state index contributed by atoms with van der Waals surface area (Å²) in [5.41, 5.74) is 0.905. The lowest BCUT2D eigenvalue weighted by Crippen LogP contribution is -2.12. The molecule has 1 N–H and O–H groups in total. The van der Waals surface area contributed by atoms with Crippen LogP contribution < -0.4 is 10.1 Å². The van der Waals surface area contributed by atoms with E-state index in [1.807, 2.05) is 48.5 Å². The van der Waals surface area contributed by atoms with E-state index in [1.165, 1.54) is 6.33 Å². The molecule has 0 unspecified atom stereocenters. The van der Waals surface area contributed by atoms with Gasteiger partial charge in [0.25, 0.3) is 5.91 Å². The third-order valence-electron chi connectivity index (χ3n) is 4.14. The van der Waals surface area contributed by atoms with Crippen LogP contribution >= 0.6 is 27.5 Å². The number of hydrogen-bond donors (Lipinski definition) is 1. The van der Waals surface area contributed by atoms with E-state index in [-0.39, 0.29) is 18.3 Å². The normalized spacial score (nSPS) is 10.7. The summed E-state index contributed by atoms with van der Waals surface area (Å²) in [6, 6.07) is 18.2. The summed E-state index contributed by atoms with van der Waals surface area (Å²) in [7, 11) is 0. The fraction of sp³-hybridized carbons (Fsp3) is 0.0952. The fourth-order valence-corrected chi connectivity index (χ4v) is 3.28. The average molecular weight is 488 g/mol. The Morgan fingerprint density at radius 3 is 2.77 bits per heavy atom. The molecule has 0 bridgehead atoms. The van der Waals surface area contributed by atoms with Crippen LogP contribution in [0.5, 0.6) is 5.75 Å². The molecule has 4 rings (SSSR count). The number of halogens is 2. The van der Waals surface area contributed by atoms with E-state index in [1.54, 1.807) is 16.8 Å². The van der Waals surface area contributed by atoms with Gasteiger partial charge in [-0.3, -0.25) is 10.1 Å². The van der Waals surface area contributed by atoms with Crippen LogP contribution in [0.4, 0.5) is 5.95 Å². The first-order chi connectivity index (χ1) is 14.6. The number of aromatic nitrogens is 3. The molecule has 0 radical (unpaired) electrons. The highest BCUT2D eigenvalue weighted by Crippen LogP contribution is 2.25. The van der Waals surface area contributed by atoms with Crippen molar-refractivity contribution in [3.05, 3.63) is 93.6 Å². The standard InChI is InChI=1S/C21H16BrClN4O3/c22-16-6-2-4-8-18(16)29-12-15-9-10-19(30-15)20(28)25-21-24-13-27(26-21)11-14-5-1-3-7-17(14)23/h1-10,13H,11-12H2,(H,25,26,28). The molecule has 2 heterocycles. The van der Waals surface area contributed by atoms with E-state index in [0.717, 1.165) is 10.0 Å². The van der Waals surface area contributed by atoms with Crippen molar-refractivity contribution in [3.63, 3.8) is 0 Å². The zero-order valence-electron chi connectivity index (χ0n) is 15.6. The summed E-state index contributed by atoms with van der Waals surface area (Å²) in [4.78, 5) is 16.5. The molecule has 0 aliphatic rings. The quantitative estimate of drug-likeness (QED) is 0.389. The zero-order valence-corrected chi connectivity index (χ0v) is 17.9. The molecule has 7 nitrogen and oxygen atoms in total. The van der Waals surface area contributed by atoms with Crippen LogP contribution in [0.25, 0.3) is 0 Å². The highest BCUT2D eigenvalue weighted by atomic mass is 79.9. The first-order valence-corrected chi connectivity index (χ1v) is 10.2. The van der Waals surface area contributed by atoms with Crippen LogP contribution in [0.15, 0.2) is 75.9 Å². The van der Waals surface area contributed by atoms with Crippen LogP contribution in [0.3, 0.4) is 0 Å². The van der Waals surface area contributed by atoms with Gasteiger partial charge in [-0.25, -0.2) is 9.67 Å². The minimum absolute atomic E-state index is 0.142. The minimum atomic E-state index is -0.447. The summed E-state index contributed by atoms with van der Waals surface area (Å²) in [5, 5.41) is 7.51. The molecular formula is C21H16BrClN4O3. The van der Waals surface area contributed by atoms with Crippen LogP contribution in [-0.2, 0) is 13.2 Å². The van der Waals surface area contributed by atoms with Crippen LogP contribution in [0.2, 0.25) is 5.02 Å². The predicted octanol–water partition coefficient (Wildman–Crippen LogP) is 5.17. The van der Waals surface area contributed by atoms with E-state index < -0.39 is 5.91 Å². The van der Waals surface area contributed by atoms with Gasteiger partial charge in [0.05, 0.1) is 11.0 Å². The van der Waals surface area contributed by atoms with Crippen LogP contribution in [0.1, 0.15) is 21.9 Å². The number of hydrogen-bond acceptors (Lipinski definition) is 5. The molecule has 2 aromatic carbocycles. The summed E-state index contributed by atoms with van der Waals surface area (Å²) < 4.78 is 13.7. The highest BCUT2D eigenvalue weighted by Gasteiger charge is 2.14. The molecular weight excluding hydrogens is 472 g/mol. The largest absolute Gasteiger partial charge is 0.484 e. The number of rotatable bonds is 7. The number of para-hydroxylation sites is 1. The van der Waals surface area contributed by atoms with Crippen molar-refractivity contribution in [1.29, 1.82) is 0 Å². The number of carbonyl (C=O) groups excluding carboxylic acids is 1. The Bertz CT molecular complexity index is 1170. The molecule has 0 aliphatic heterocycles. The van der Waals surface area contributed by atoms with E-state index in [2.05, 4.69) is 31.3 Å². The van der Waals surface area contributed by atoms with Gasteiger partial charge in [-0.05, 0) is 51.8 Å². The Morgan fingerprint density at radius 1 is 1.13 bits per heavy atom. The Hall–Kier alpha value is -3.10. The van der Waals surface area contributed by atoms with Gasteiger partial charge in [-0.1, -0.05) is 41.9 Å². The summed E-state index contributed by atoms with van der Waals surface area (Å²) in [6.07, 6.45) is 1.53. The van der Waals surface area contributed by atoms with Gasteiger partial charge in [0.1, 0.15) is 24.4 Å². The van der Waals surface area contributed by atoms with Gasteiger partial charge in [0.15, 0.2) is 5.76 Å². The minimum Gasteiger partial charge on any atom is -0.484 e. The van der Waals surface area contributed by atoms with Gasteiger partial charge in [-0.15, -0.1) is 5.10 Å². The molecule has 0 saturated heterocycles. The third kappa shape index (κ3) is 4.90. The maximum absolute atomic E-state index is 12.4. The summed E-state index contributed by atoms with van der Waals surface area (Å²) >= 11 is 9.58. The Labute approximate surface area is 185 Å². The predicted molar refractivity (Wildman–Crippen MR) is 116 cm³/mol. The molecule has 30 heavy (non-hydrogen) atoms. The van der Waals surface area contributed by atoms with Crippen LogP contribution in [0, 0.1) is 0 Å². The van der Waals surface area contributed by atoms with Gasteiger partial charge in [0.2, 0.25) is 5.95 Å². The number of amides is 1. The second kappa shape index (κ2) is 9.15. The molecule has 4 aromatic rings. The zero-order chi connectivity index (χ0) is 20.9. The van der Waals surface area contributed by atoms with Gasteiger partial charge in [-0.2, -0.15) is 0 Å². The number of ether oxygens (including phenoxy) is 1. The smallest absolute Gasteiger partial charge is 0.293 e. The second-order valence-electron chi connectivity index (χ2n) is 6.30. The first kappa shape index (κ1) is 20.2. The maximum atomic E-state index is 12.4. The Morgan fingerprint density at radius 2 is 1.93 bits per heavy atom. The van der Waals surface area contributed by atoms with Crippen molar-refractivity contribution in [2.45, 2.75) is 13.2 Å². The van der Waals surface area contributed by atoms with E-state index in [9.17, 15) is 4.79 Å². The SMILES string of the molecule is O=C(Nc1ncn(Cc2ccccc2Cl)n1)c1ccc(COc2ccccc2Br)o1. The van der Waals surface area contributed by atoms with Gasteiger partial charge >= 0.3 is 0 Å². The number of nitrogens with zero attached hydrogens (tertiary/aromatic N) is 3. The van der Waals surface area contributed by atoms with Crippen molar-refractivity contribution in [2.24, 2.45) is 0 Å². The molecule has 1 amide bonds. The highest BCUT2D eigenvalue weighted by molar-refractivity contribution is 9.10. The number of anilines is 1. The lowest BCUT2D eigenvalue weighted by atomic mass is 10.2. The van der Waals surface area contributed by atoms with Crippen molar-refractivity contribution in [3.8, 4) is 5.75 Å². The molecule has 0 aliphatic carbocycles. The number of nitrogens with one attached hydrogen (secondary N) is 1. The molecule has 0 atom stereocenters. The van der Waals surface area contributed by atoms with Crippen molar-refractivity contribution < 1.29 is 13.9 Å². The molecule has 152 valence electrons. The second-order valence-corrected chi connectivity index (χ2v) is 7.56. The van der Waals surface area contributed by atoms with Gasteiger partial charge in [0, 0.05) is 5.02 Å². The summed E-state index contributed by atoms with van der Waals surface area (Å²) in [6.45, 7) is 0.639. The van der Waals surface area contributed by atoms with Crippen molar-refractivity contribution in [1.82, 2.24) is 14.8 Å². The summed E-state index contributed by atoms with van der Waals surface area (Å²) in [5.74, 6) is 1.08. The fourth-order valence-electron chi connectivity index (χ4n) is 2.68. The van der Waals surface area contributed by atoms with E-state index in [0.29, 0.717) is 23.1 Å². The first-order valence-electron chi connectivity index (χ1n) is 8.99. The number of furan rings is 1. The number of benzene rings is 2. The molecule has 2 aromatic heterocycles. The van der Waals surface area contributed by atoms with E-state index in [4.69, 9.17) is 20.8 Å². The monoisotopic (exact) mass is 486 g/mol. The average Bonchev–Trinajstić information content (AvgIpc) is 3.39. The molecule has 0 fully saturated rings. The molecule has 0 spiro atoms. The lowest BCUT2D eigenvalue weighted by molar-refractivity contribution is 0.0991. The topological polar surface area (TPSA) is 82.2 Å². The Kier molecular flexibility index (Phi) is 6.15.